The van der Waals surface area contributed by atoms with Gasteiger partial charge in [-0.1, -0.05) is 11.6 Å². The van der Waals surface area contributed by atoms with Gasteiger partial charge in [0.2, 0.25) is 0 Å². The van der Waals surface area contributed by atoms with E-state index in [1.165, 1.54) is 17.4 Å². The van der Waals surface area contributed by atoms with E-state index in [2.05, 4.69) is 0 Å². The number of hydrogen-bond acceptors (Lipinski definition) is 2. The average Bonchev–Trinajstić information content (AvgIpc) is 3.09. The molecule has 2 aromatic rings. The lowest BCUT2D eigenvalue weighted by molar-refractivity contribution is 0.0971. The van der Waals surface area contributed by atoms with Crippen molar-refractivity contribution >= 4 is 17.1 Å². The van der Waals surface area contributed by atoms with E-state index in [0.717, 1.165) is 28.2 Å². The Morgan fingerprint density at radius 1 is 1.28 bits per heavy atom. The number of hydrogen-bond donors (Lipinski definition) is 0. The molecule has 1 aliphatic carbocycles. The number of aryl methyl sites for hydroxylation is 1. The van der Waals surface area contributed by atoms with Gasteiger partial charge in [-0.15, -0.1) is 11.3 Å². The Morgan fingerprint density at radius 3 is 2.78 bits per heavy atom. The molecule has 0 spiro atoms. The van der Waals surface area contributed by atoms with Crippen molar-refractivity contribution in [1.82, 2.24) is 0 Å². The summed E-state index contributed by atoms with van der Waals surface area (Å²) in [6.07, 6.45) is 2.01. The molecule has 1 aromatic heterocycles. The number of rotatable bonds is 3. The fraction of sp³-hybridized carbons (Fsp3) is 0.267. The molecule has 1 nitrogen and oxygen atoms in total. The first-order chi connectivity index (χ1) is 8.65. The minimum atomic E-state index is -0.229. The fourth-order valence-corrected chi connectivity index (χ4v) is 3.03. The van der Waals surface area contributed by atoms with Crippen LogP contribution in [0.15, 0.2) is 30.3 Å². The summed E-state index contributed by atoms with van der Waals surface area (Å²) < 4.78 is 13.8. The molecule has 3 rings (SSSR count). The maximum Gasteiger partial charge on any atom is 0.175 e. The number of ketones is 1. The van der Waals surface area contributed by atoms with Crippen LogP contribution in [0, 0.1) is 18.7 Å². The van der Waals surface area contributed by atoms with E-state index < -0.39 is 0 Å². The fourth-order valence-electron chi connectivity index (χ4n) is 1.99. The molecule has 0 atom stereocenters. The van der Waals surface area contributed by atoms with Crippen LogP contribution < -0.4 is 0 Å². The van der Waals surface area contributed by atoms with Gasteiger partial charge in [-0.25, -0.2) is 4.39 Å². The quantitative estimate of drug-likeness (QED) is 0.745. The van der Waals surface area contributed by atoms with Gasteiger partial charge in [-0.3, -0.25) is 4.79 Å². The van der Waals surface area contributed by atoms with E-state index >= 15 is 0 Å². The summed E-state index contributed by atoms with van der Waals surface area (Å²) in [5, 5.41) is 0. The maximum atomic E-state index is 13.8. The molecule has 1 aliphatic rings. The third-order valence-corrected chi connectivity index (χ3v) is 4.32. The lowest BCUT2D eigenvalue weighted by atomic mass is 10.1. The van der Waals surface area contributed by atoms with Crippen LogP contribution in [0.25, 0.3) is 10.4 Å². The summed E-state index contributed by atoms with van der Waals surface area (Å²) in [6.45, 7) is 1.94. The van der Waals surface area contributed by atoms with Gasteiger partial charge >= 0.3 is 0 Å². The van der Waals surface area contributed by atoms with Gasteiger partial charge < -0.3 is 0 Å². The smallest absolute Gasteiger partial charge is 0.175 e. The van der Waals surface area contributed by atoms with Gasteiger partial charge in [0.05, 0.1) is 4.88 Å². The third-order valence-electron chi connectivity index (χ3n) is 3.18. The summed E-state index contributed by atoms with van der Waals surface area (Å²) >= 11 is 1.40. The van der Waals surface area contributed by atoms with E-state index in [9.17, 15) is 9.18 Å². The van der Waals surface area contributed by atoms with Gasteiger partial charge in [0.1, 0.15) is 5.82 Å². The van der Waals surface area contributed by atoms with Crippen molar-refractivity contribution in [3.05, 3.63) is 46.6 Å². The van der Waals surface area contributed by atoms with Crippen molar-refractivity contribution in [1.29, 1.82) is 0 Å². The zero-order chi connectivity index (χ0) is 12.7. The molecule has 0 N–H and O–H groups in total. The zero-order valence-corrected chi connectivity index (χ0v) is 10.9. The first kappa shape index (κ1) is 11.6. The van der Waals surface area contributed by atoms with E-state index in [4.69, 9.17) is 0 Å². The second kappa shape index (κ2) is 4.32. The van der Waals surface area contributed by atoms with Crippen LogP contribution in [0.3, 0.4) is 0 Å². The first-order valence-electron chi connectivity index (χ1n) is 6.06. The lowest BCUT2D eigenvalue weighted by Crippen LogP contribution is -1.96. The molecule has 1 fully saturated rings. The summed E-state index contributed by atoms with van der Waals surface area (Å²) in [6, 6.07) is 8.72. The van der Waals surface area contributed by atoms with Crippen LogP contribution in [-0.2, 0) is 0 Å². The van der Waals surface area contributed by atoms with Crippen molar-refractivity contribution in [3.63, 3.8) is 0 Å². The SMILES string of the molecule is Cc1ccc(F)c(-c2ccc(C(=O)C3CC3)s2)c1. The molecule has 0 unspecified atom stereocenters. The predicted octanol–water partition coefficient (Wildman–Crippen LogP) is 4.46. The van der Waals surface area contributed by atoms with Crippen LogP contribution in [0.4, 0.5) is 4.39 Å². The van der Waals surface area contributed by atoms with Gasteiger partial charge in [-0.05, 0) is 44.0 Å². The molecule has 0 saturated heterocycles. The number of Topliss-reactive ketones (excluding diaryl/α,β-unsaturated/α-hetero) is 1. The second-order valence-corrected chi connectivity index (χ2v) is 5.87. The minimum Gasteiger partial charge on any atom is -0.293 e. The van der Waals surface area contributed by atoms with Crippen LogP contribution in [0.1, 0.15) is 28.1 Å². The Hall–Kier alpha value is -1.48. The van der Waals surface area contributed by atoms with Crippen molar-refractivity contribution < 1.29 is 9.18 Å². The lowest BCUT2D eigenvalue weighted by Gasteiger charge is -2.01. The molecule has 3 heteroatoms. The highest BCUT2D eigenvalue weighted by Gasteiger charge is 2.31. The number of carbonyl (C=O) groups is 1. The molecule has 1 aromatic carbocycles. The van der Waals surface area contributed by atoms with Gasteiger partial charge in [0.25, 0.3) is 0 Å². The molecule has 0 amide bonds. The standard InChI is InChI=1S/C15H13FOS/c1-9-2-5-12(16)11(8-9)13-6-7-14(18-13)15(17)10-3-4-10/h2,5-8,10H,3-4H2,1H3. The summed E-state index contributed by atoms with van der Waals surface area (Å²) in [7, 11) is 0. The van der Waals surface area contributed by atoms with Crippen LogP contribution in [0.5, 0.6) is 0 Å². The normalized spacial score (nSPS) is 14.8. The molecular weight excluding hydrogens is 247 g/mol. The maximum absolute atomic E-state index is 13.8. The summed E-state index contributed by atoms with van der Waals surface area (Å²) in [5.41, 5.74) is 1.62. The molecule has 0 aliphatic heterocycles. The number of thiophene rings is 1. The first-order valence-corrected chi connectivity index (χ1v) is 6.87. The van der Waals surface area contributed by atoms with Gasteiger partial charge in [0, 0.05) is 16.4 Å². The highest BCUT2D eigenvalue weighted by molar-refractivity contribution is 7.17. The van der Waals surface area contributed by atoms with Crippen LogP contribution in [-0.4, -0.2) is 5.78 Å². The Balaban J connectivity index is 1.97. The molecular formula is C15H13FOS. The van der Waals surface area contributed by atoms with E-state index in [0.29, 0.717) is 5.56 Å². The minimum absolute atomic E-state index is 0.221. The molecule has 1 heterocycles. The number of halogens is 1. The highest BCUT2D eigenvalue weighted by Crippen LogP contribution is 2.37. The summed E-state index contributed by atoms with van der Waals surface area (Å²) in [4.78, 5) is 13.5. The Morgan fingerprint density at radius 2 is 2.06 bits per heavy atom. The molecule has 0 radical (unpaired) electrons. The Labute approximate surface area is 109 Å². The molecule has 92 valence electrons. The zero-order valence-electron chi connectivity index (χ0n) is 10.1. The van der Waals surface area contributed by atoms with Gasteiger partial charge in [-0.2, -0.15) is 0 Å². The monoisotopic (exact) mass is 260 g/mol. The molecule has 0 bridgehead atoms. The van der Waals surface area contributed by atoms with Crippen molar-refractivity contribution in [2.45, 2.75) is 19.8 Å². The van der Waals surface area contributed by atoms with Crippen LogP contribution in [0.2, 0.25) is 0 Å². The number of carbonyl (C=O) groups excluding carboxylic acids is 1. The van der Waals surface area contributed by atoms with Crippen molar-refractivity contribution in [2.75, 3.05) is 0 Å². The van der Waals surface area contributed by atoms with Gasteiger partial charge in [0.15, 0.2) is 5.78 Å². The van der Waals surface area contributed by atoms with E-state index in [1.54, 1.807) is 6.07 Å². The van der Waals surface area contributed by atoms with E-state index in [1.807, 2.05) is 25.1 Å². The van der Waals surface area contributed by atoms with E-state index in [-0.39, 0.29) is 17.5 Å². The average molecular weight is 260 g/mol. The number of benzene rings is 1. The topological polar surface area (TPSA) is 17.1 Å². The molecule has 1 saturated carbocycles. The van der Waals surface area contributed by atoms with Crippen molar-refractivity contribution in [2.24, 2.45) is 5.92 Å². The van der Waals surface area contributed by atoms with Crippen molar-refractivity contribution in [3.8, 4) is 10.4 Å². The third kappa shape index (κ3) is 2.10. The Kier molecular flexibility index (Phi) is 2.78. The highest BCUT2D eigenvalue weighted by atomic mass is 32.1. The predicted molar refractivity (Wildman–Crippen MR) is 71.5 cm³/mol. The molecule has 18 heavy (non-hydrogen) atoms. The largest absolute Gasteiger partial charge is 0.293 e. The summed E-state index contributed by atoms with van der Waals surface area (Å²) in [5.74, 6) is 0.214. The second-order valence-electron chi connectivity index (χ2n) is 4.79. The van der Waals surface area contributed by atoms with Crippen LogP contribution >= 0.6 is 11.3 Å². The Bertz CT molecular complexity index is 611.